The molecule has 0 spiro atoms. The molecule has 15 heavy (non-hydrogen) atoms. The van der Waals surface area contributed by atoms with E-state index in [2.05, 4.69) is 5.32 Å². The number of hydrogen-bond acceptors (Lipinski definition) is 3. The third-order valence-corrected chi connectivity index (χ3v) is 3.34. The molecule has 0 radical (unpaired) electrons. The van der Waals surface area contributed by atoms with Crippen LogP contribution in [0.15, 0.2) is 11.7 Å². The molecule has 2 heterocycles. The highest BCUT2D eigenvalue weighted by Crippen LogP contribution is 2.39. The third-order valence-electron chi connectivity index (χ3n) is 3.34. The number of rotatable bonds is 1. The maximum Gasteiger partial charge on any atom is 0.492 e. The minimum Gasteiger partial charge on any atom is -0.400 e. The summed E-state index contributed by atoms with van der Waals surface area (Å²) in [5.74, 6) is -0.000266. The Morgan fingerprint density at radius 2 is 1.80 bits per heavy atom. The van der Waals surface area contributed by atoms with E-state index in [4.69, 9.17) is 9.31 Å². The first-order valence-corrected chi connectivity index (χ1v) is 5.16. The Hall–Kier alpha value is -0.805. The van der Waals surface area contributed by atoms with E-state index in [1.54, 1.807) is 6.20 Å². The van der Waals surface area contributed by atoms with E-state index in [1.165, 1.54) is 0 Å². The summed E-state index contributed by atoms with van der Waals surface area (Å²) in [5, 5.41) is 2.64. The molecular formula is C10H16BNO3. The highest BCUT2D eigenvalue weighted by Gasteiger charge is 2.52. The fourth-order valence-electron chi connectivity index (χ4n) is 1.61. The number of amides is 1. The van der Waals surface area contributed by atoms with Crippen molar-refractivity contribution in [3.63, 3.8) is 0 Å². The van der Waals surface area contributed by atoms with Gasteiger partial charge in [-0.25, -0.2) is 0 Å². The fraction of sp³-hybridized carbons (Fsp3) is 0.700. The second-order valence-corrected chi connectivity index (χ2v) is 5.05. The SMILES string of the molecule is CC1(C)OB(C2=CNC(=O)C2)OC1(C)C. The highest BCUT2D eigenvalue weighted by molar-refractivity contribution is 6.55. The molecule has 0 aromatic heterocycles. The van der Waals surface area contributed by atoms with E-state index in [1.807, 2.05) is 27.7 Å². The Morgan fingerprint density at radius 1 is 1.27 bits per heavy atom. The van der Waals surface area contributed by atoms with Crippen LogP contribution in [0.5, 0.6) is 0 Å². The van der Waals surface area contributed by atoms with Crippen molar-refractivity contribution in [3.8, 4) is 0 Å². The molecule has 0 aromatic carbocycles. The van der Waals surface area contributed by atoms with Gasteiger partial charge in [-0.1, -0.05) is 0 Å². The Morgan fingerprint density at radius 3 is 2.20 bits per heavy atom. The Balaban J connectivity index is 2.13. The van der Waals surface area contributed by atoms with Crippen molar-refractivity contribution in [1.29, 1.82) is 0 Å². The van der Waals surface area contributed by atoms with E-state index in [9.17, 15) is 4.79 Å². The maximum absolute atomic E-state index is 11.1. The van der Waals surface area contributed by atoms with E-state index < -0.39 is 7.12 Å². The molecule has 1 saturated heterocycles. The van der Waals surface area contributed by atoms with Gasteiger partial charge in [0.05, 0.1) is 11.2 Å². The van der Waals surface area contributed by atoms with Crippen LogP contribution in [0.25, 0.3) is 0 Å². The van der Waals surface area contributed by atoms with Gasteiger partial charge in [0.15, 0.2) is 0 Å². The van der Waals surface area contributed by atoms with Crippen molar-refractivity contribution in [2.75, 3.05) is 0 Å². The van der Waals surface area contributed by atoms with Gasteiger partial charge >= 0.3 is 7.12 Å². The maximum atomic E-state index is 11.1. The first-order chi connectivity index (χ1) is 6.82. The lowest BCUT2D eigenvalue weighted by Gasteiger charge is -2.32. The quantitative estimate of drug-likeness (QED) is 0.656. The predicted octanol–water partition coefficient (Wildman–Crippen LogP) is 1.02. The van der Waals surface area contributed by atoms with Crippen molar-refractivity contribution in [1.82, 2.24) is 5.32 Å². The number of hydrogen-bond donors (Lipinski definition) is 1. The van der Waals surface area contributed by atoms with Gasteiger partial charge in [0.1, 0.15) is 0 Å². The first-order valence-electron chi connectivity index (χ1n) is 5.16. The molecule has 0 atom stereocenters. The Kier molecular flexibility index (Phi) is 2.21. The second kappa shape index (κ2) is 3.09. The standard InChI is InChI=1S/C10H16BNO3/c1-9(2)10(3,4)15-11(14-9)7-5-8(13)12-6-7/h6H,5H2,1-4H3,(H,12,13). The summed E-state index contributed by atoms with van der Waals surface area (Å²) in [7, 11) is -0.394. The topological polar surface area (TPSA) is 47.6 Å². The average molecular weight is 209 g/mol. The second-order valence-electron chi connectivity index (χ2n) is 5.05. The van der Waals surface area contributed by atoms with Crippen molar-refractivity contribution in [2.24, 2.45) is 0 Å². The van der Waals surface area contributed by atoms with Crippen molar-refractivity contribution in [3.05, 3.63) is 11.7 Å². The van der Waals surface area contributed by atoms with Gasteiger partial charge in [0, 0.05) is 12.6 Å². The largest absolute Gasteiger partial charge is 0.492 e. The molecule has 0 aromatic rings. The normalized spacial score (nSPS) is 27.9. The van der Waals surface area contributed by atoms with Crippen LogP contribution in [0.3, 0.4) is 0 Å². The Bertz CT molecular complexity index is 320. The molecule has 0 aliphatic carbocycles. The summed E-state index contributed by atoms with van der Waals surface area (Å²) >= 11 is 0. The molecule has 0 bridgehead atoms. The lowest BCUT2D eigenvalue weighted by molar-refractivity contribution is -0.118. The molecule has 2 aliphatic rings. The van der Waals surface area contributed by atoms with Gasteiger partial charge in [-0.05, 0) is 33.2 Å². The van der Waals surface area contributed by atoms with Crippen molar-refractivity contribution < 1.29 is 14.1 Å². The number of nitrogens with one attached hydrogen (secondary N) is 1. The van der Waals surface area contributed by atoms with Crippen LogP contribution in [0, 0.1) is 0 Å². The minimum atomic E-state index is -0.394. The van der Waals surface area contributed by atoms with E-state index in [0.717, 1.165) is 5.47 Å². The molecule has 4 nitrogen and oxygen atoms in total. The van der Waals surface area contributed by atoms with Gasteiger partial charge in [0.2, 0.25) is 5.91 Å². The lowest BCUT2D eigenvalue weighted by Crippen LogP contribution is -2.41. The molecule has 2 rings (SSSR count). The summed E-state index contributed by atoms with van der Waals surface area (Å²) in [6.07, 6.45) is 2.06. The van der Waals surface area contributed by atoms with Crippen LogP contribution in [0.2, 0.25) is 0 Å². The Labute approximate surface area is 90.2 Å². The highest BCUT2D eigenvalue weighted by atomic mass is 16.7. The summed E-state index contributed by atoms with van der Waals surface area (Å²) in [6.45, 7) is 7.99. The molecule has 1 fully saturated rings. The molecule has 5 heteroatoms. The van der Waals surface area contributed by atoms with Crippen LogP contribution in [-0.2, 0) is 14.1 Å². The molecule has 82 valence electrons. The zero-order chi connectivity index (χ0) is 11.3. The van der Waals surface area contributed by atoms with Crippen LogP contribution < -0.4 is 5.32 Å². The number of carbonyl (C=O) groups is 1. The third kappa shape index (κ3) is 1.70. The first kappa shape index (κ1) is 10.7. The average Bonchev–Trinajstić information content (AvgIpc) is 2.56. The lowest BCUT2D eigenvalue weighted by atomic mass is 9.78. The molecule has 1 N–H and O–H groups in total. The zero-order valence-electron chi connectivity index (χ0n) is 9.59. The van der Waals surface area contributed by atoms with E-state index in [-0.39, 0.29) is 17.1 Å². The molecular weight excluding hydrogens is 193 g/mol. The summed E-state index contributed by atoms with van der Waals surface area (Å²) < 4.78 is 11.6. The van der Waals surface area contributed by atoms with Crippen LogP contribution in [0.1, 0.15) is 34.1 Å². The predicted molar refractivity (Wildman–Crippen MR) is 56.9 cm³/mol. The smallest absolute Gasteiger partial charge is 0.400 e. The number of carbonyl (C=O) groups excluding carboxylic acids is 1. The van der Waals surface area contributed by atoms with E-state index >= 15 is 0 Å². The molecule has 1 amide bonds. The molecule has 0 unspecified atom stereocenters. The minimum absolute atomic E-state index is 0.000266. The van der Waals surface area contributed by atoms with Crippen molar-refractivity contribution >= 4 is 13.0 Å². The van der Waals surface area contributed by atoms with Crippen molar-refractivity contribution in [2.45, 2.75) is 45.3 Å². The van der Waals surface area contributed by atoms with Gasteiger partial charge in [-0.15, -0.1) is 0 Å². The van der Waals surface area contributed by atoms with Crippen LogP contribution in [-0.4, -0.2) is 24.2 Å². The van der Waals surface area contributed by atoms with Gasteiger partial charge < -0.3 is 14.6 Å². The van der Waals surface area contributed by atoms with Gasteiger partial charge in [-0.3, -0.25) is 4.79 Å². The molecule has 2 aliphatic heterocycles. The van der Waals surface area contributed by atoms with Gasteiger partial charge in [0.25, 0.3) is 0 Å². The summed E-state index contributed by atoms with van der Waals surface area (Å²) in [6, 6.07) is 0. The zero-order valence-corrected chi connectivity index (χ0v) is 9.59. The monoisotopic (exact) mass is 209 g/mol. The fourth-order valence-corrected chi connectivity index (χ4v) is 1.61. The van der Waals surface area contributed by atoms with Crippen LogP contribution >= 0.6 is 0 Å². The summed E-state index contributed by atoms with van der Waals surface area (Å²) in [4.78, 5) is 11.1. The van der Waals surface area contributed by atoms with Gasteiger partial charge in [-0.2, -0.15) is 0 Å². The molecule has 0 saturated carbocycles. The van der Waals surface area contributed by atoms with E-state index in [0.29, 0.717) is 6.42 Å². The summed E-state index contributed by atoms with van der Waals surface area (Å²) in [5.41, 5.74) is 0.188. The van der Waals surface area contributed by atoms with Crippen LogP contribution in [0.4, 0.5) is 0 Å².